The van der Waals surface area contributed by atoms with Gasteiger partial charge < -0.3 is 15.0 Å². The largest absolute Gasteiger partial charge is 0.370 e. The Labute approximate surface area is 200 Å². The summed E-state index contributed by atoms with van der Waals surface area (Å²) < 4.78 is 8.62. The number of hydrogen-bond acceptors (Lipinski definition) is 7. The highest BCUT2D eigenvalue weighted by molar-refractivity contribution is 5.95. The SMILES string of the molecule is C[C@@H]1CN(c2ccc(C#N)c3ncccc23)C[C@H](CN2CC(n3ncc4c3C[C@H](C)NC4)C2)O1. The average molecular weight is 458 g/mol. The molecule has 3 atom stereocenters. The van der Waals surface area contributed by atoms with Gasteiger partial charge in [-0.1, -0.05) is 0 Å². The molecule has 34 heavy (non-hydrogen) atoms. The molecule has 2 fully saturated rings. The van der Waals surface area contributed by atoms with Gasteiger partial charge in [0.2, 0.25) is 0 Å². The number of likely N-dealkylation sites (tertiary alicyclic amines) is 1. The van der Waals surface area contributed by atoms with E-state index in [1.807, 2.05) is 18.3 Å². The van der Waals surface area contributed by atoms with Crippen molar-refractivity contribution in [1.29, 1.82) is 5.26 Å². The van der Waals surface area contributed by atoms with Crippen LogP contribution < -0.4 is 10.2 Å². The minimum atomic E-state index is 0.142. The van der Waals surface area contributed by atoms with E-state index in [-0.39, 0.29) is 12.2 Å². The van der Waals surface area contributed by atoms with Gasteiger partial charge in [-0.2, -0.15) is 10.4 Å². The summed E-state index contributed by atoms with van der Waals surface area (Å²) in [7, 11) is 0. The number of benzene rings is 1. The van der Waals surface area contributed by atoms with E-state index >= 15 is 0 Å². The Bertz CT molecular complexity index is 1240. The van der Waals surface area contributed by atoms with Gasteiger partial charge in [0.05, 0.1) is 35.5 Å². The summed E-state index contributed by atoms with van der Waals surface area (Å²) in [4.78, 5) is 9.37. The van der Waals surface area contributed by atoms with Gasteiger partial charge in [-0.15, -0.1) is 0 Å². The van der Waals surface area contributed by atoms with Gasteiger partial charge in [-0.3, -0.25) is 14.6 Å². The Hall–Kier alpha value is -2.99. The summed E-state index contributed by atoms with van der Waals surface area (Å²) in [5.41, 5.74) is 5.28. The van der Waals surface area contributed by atoms with Gasteiger partial charge in [0.25, 0.3) is 0 Å². The molecule has 176 valence electrons. The third-order valence-corrected chi connectivity index (χ3v) is 7.41. The fourth-order valence-electron chi connectivity index (χ4n) is 5.76. The van der Waals surface area contributed by atoms with Crippen LogP contribution in [0.5, 0.6) is 0 Å². The number of morpholine rings is 1. The molecule has 0 bridgehead atoms. The van der Waals surface area contributed by atoms with Crippen molar-refractivity contribution < 1.29 is 4.74 Å². The number of hydrogen-bond donors (Lipinski definition) is 1. The van der Waals surface area contributed by atoms with Crippen LogP contribution in [-0.2, 0) is 17.7 Å². The molecule has 8 nitrogen and oxygen atoms in total. The molecule has 8 heteroatoms. The van der Waals surface area contributed by atoms with Crippen LogP contribution in [0.2, 0.25) is 0 Å². The van der Waals surface area contributed by atoms with Gasteiger partial charge in [0.1, 0.15) is 6.07 Å². The lowest BCUT2D eigenvalue weighted by Crippen LogP contribution is -2.56. The van der Waals surface area contributed by atoms with Crippen LogP contribution in [0.15, 0.2) is 36.7 Å². The molecule has 3 aliphatic rings. The molecule has 5 heterocycles. The number of nitrogens with zero attached hydrogens (tertiary/aromatic N) is 6. The summed E-state index contributed by atoms with van der Waals surface area (Å²) in [6.45, 7) is 9.95. The number of anilines is 1. The number of nitrogens with one attached hydrogen (secondary N) is 1. The molecular formula is C26H31N7O. The molecule has 2 aromatic heterocycles. The van der Waals surface area contributed by atoms with E-state index in [0.717, 1.165) is 62.3 Å². The predicted molar refractivity (Wildman–Crippen MR) is 131 cm³/mol. The predicted octanol–water partition coefficient (Wildman–Crippen LogP) is 2.49. The molecule has 0 saturated carbocycles. The minimum Gasteiger partial charge on any atom is -0.370 e. The molecule has 0 amide bonds. The zero-order chi connectivity index (χ0) is 23.2. The van der Waals surface area contributed by atoms with E-state index in [0.29, 0.717) is 17.6 Å². The second kappa shape index (κ2) is 8.66. The molecule has 3 aromatic rings. The first-order chi connectivity index (χ1) is 16.6. The topological polar surface area (TPSA) is 82.2 Å². The quantitative estimate of drug-likeness (QED) is 0.645. The van der Waals surface area contributed by atoms with Crippen LogP contribution >= 0.6 is 0 Å². The van der Waals surface area contributed by atoms with Gasteiger partial charge in [0.15, 0.2) is 0 Å². The fourth-order valence-corrected chi connectivity index (χ4v) is 5.76. The molecule has 3 aliphatic heterocycles. The van der Waals surface area contributed by atoms with Crippen LogP contribution in [0.3, 0.4) is 0 Å². The average Bonchev–Trinajstić information content (AvgIpc) is 3.22. The summed E-state index contributed by atoms with van der Waals surface area (Å²) in [6.07, 6.45) is 5.13. The Balaban J connectivity index is 1.14. The van der Waals surface area contributed by atoms with Gasteiger partial charge in [0, 0.05) is 80.3 Å². The normalized spacial score (nSPS) is 25.7. The fraction of sp³-hybridized carbons (Fsp3) is 0.500. The first kappa shape index (κ1) is 21.5. The van der Waals surface area contributed by atoms with Crippen molar-refractivity contribution in [1.82, 2.24) is 25.0 Å². The molecule has 1 aromatic carbocycles. The maximum absolute atomic E-state index is 9.48. The van der Waals surface area contributed by atoms with E-state index < -0.39 is 0 Å². The number of fused-ring (bicyclic) bond motifs is 2. The third kappa shape index (κ3) is 3.84. The van der Waals surface area contributed by atoms with Crippen LogP contribution in [0.1, 0.15) is 36.7 Å². The van der Waals surface area contributed by atoms with E-state index in [1.54, 1.807) is 6.20 Å². The van der Waals surface area contributed by atoms with Gasteiger partial charge in [-0.25, -0.2) is 0 Å². The number of nitriles is 1. The molecule has 6 rings (SSSR count). The van der Waals surface area contributed by atoms with E-state index in [9.17, 15) is 5.26 Å². The number of aromatic nitrogens is 3. The molecule has 0 radical (unpaired) electrons. The second-order valence-corrected chi connectivity index (χ2v) is 10.0. The highest BCUT2D eigenvalue weighted by Crippen LogP contribution is 2.31. The zero-order valence-electron chi connectivity index (χ0n) is 19.8. The Morgan fingerprint density at radius 3 is 2.91 bits per heavy atom. The molecule has 0 unspecified atom stereocenters. The van der Waals surface area contributed by atoms with Crippen molar-refractivity contribution in [3.8, 4) is 6.07 Å². The monoisotopic (exact) mass is 457 g/mol. The first-order valence-electron chi connectivity index (χ1n) is 12.3. The van der Waals surface area contributed by atoms with Crippen molar-refractivity contribution in [3.05, 3.63) is 53.5 Å². The summed E-state index contributed by atoms with van der Waals surface area (Å²) in [5, 5.41) is 18.8. The Kier molecular flexibility index (Phi) is 5.48. The van der Waals surface area contributed by atoms with Crippen molar-refractivity contribution >= 4 is 16.6 Å². The van der Waals surface area contributed by atoms with Crippen LogP contribution in [0, 0.1) is 11.3 Å². The van der Waals surface area contributed by atoms with Crippen LogP contribution in [0.4, 0.5) is 5.69 Å². The lowest BCUT2D eigenvalue weighted by molar-refractivity contribution is -0.0491. The van der Waals surface area contributed by atoms with E-state index in [4.69, 9.17) is 9.84 Å². The Morgan fingerprint density at radius 1 is 1.18 bits per heavy atom. The summed E-state index contributed by atoms with van der Waals surface area (Å²) in [5.74, 6) is 0. The lowest BCUT2D eigenvalue weighted by atomic mass is 10.0. The molecule has 0 spiro atoms. The third-order valence-electron chi connectivity index (χ3n) is 7.41. The minimum absolute atomic E-state index is 0.142. The molecule has 2 saturated heterocycles. The van der Waals surface area contributed by atoms with Crippen molar-refractivity contribution in [2.75, 3.05) is 37.6 Å². The van der Waals surface area contributed by atoms with Crippen molar-refractivity contribution in [2.45, 2.75) is 51.1 Å². The Morgan fingerprint density at radius 2 is 2.06 bits per heavy atom. The van der Waals surface area contributed by atoms with E-state index in [1.165, 1.54) is 11.3 Å². The highest BCUT2D eigenvalue weighted by atomic mass is 16.5. The summed E-state index contributed by atoms with van der Waals surface area (Å²) >= 11 is 0. The zero-order valence-corrected chi connectivity index (χ0v) is 19.8. The maximum Gasteiger partial charge on any atom is 0.101 e. The van der Waals surface area contributed by atoms with Crippen LogP contribution in [-0.4, -0.2) is 70.6 Å². The number of pyridine rings is 1. The molecular weight excluding hydrogens is 426 g/mol. The highest BCUT2D eigenvalue weighted by Gasteiger charge is 2.35. The van der Waals surface area contributed by atoms with Gasteiger partial charge >= 0.3 is 0 Å². The maximum atomic E-state index is 9.48. The molecule has 0 aliphatic carbocycles. The molecule has 1 N–H and O–H groups in total. The van der Waals surface area contributed by atoms with Crippen molar-refractivity contribution in [3.63, 3.8) is 0 Å². The second-order valence-electron chi connectivity index (χ2n) is 10.0. The first-order valence-corrected chi connectivity index (χ1v) is 12.3. The standard InChI is InChI=1S/C26H31N7O/c1-17-8-25-20(10-29-17)11-30-33(25)21-13-31(14-21)15-22-16-32(12-18(2)34-22)24-6-5-19(9-27)26-23(24)4-3-7-28-26/h3-7,11,17-18,21-22,29H,8,10,12-16H2,1-2H3/t17-,18+,22-/m0/s1. The lowest BCUT2D eigenvalue weighted by Gasteiger charge is -2.45. The van der Waals surface area contributed by atoms with Crippen LogP contribution in [0.25, 0.3) is 10.9 Å². The number of ether oxygens (including phenoxy) is 1. The smallest absolute Gasteiger partial charge is 0.101 e. The summed E-state index contributed by atoms with van der Waals surface area (Å²) in [6, 6.07) is 11.2. The van der Waals surface area contributed by atoms with E-state index in [2.05, 4.69) is 56.8 Å². The number of rotatable bonds is 4. The van der Waals surface area contributed by atoms with Gasteiger partial charge in [-0.05, 0) is 38.1 Å². The van der Waals surface area contributed by atoms with Crippen molar-refractivity contribution in [2.24, 2.45) is 0 Å².